The fourth-order valence-corrected chi connectivity index (χ4v) is 1.72. The molecule has 0 aliphatic carbocycles. The van der Waals surface area contributed by atoms with E-state index in [0.29, 0.717) is 12.5 Å². The van der Waals surface area contributed by atoms with Crippen molar-refractivity contribution in [2.75, 3.05) is 6.54 Å². The molecule has 3 atom stereocenters. The van der Waals surface area contributed by atoms with Crippen LogP contribution in [0.2, 0.25) is 0 Å². The van der Waals surface area contributed by atoms with E-state index in [1.165, 1.54) is 0 Å². The molecular formula is C10H22ClN3O. The predicted octanol–water partition coefficient (Wildman–Crippen LogP) is 0.402. The summed E-state index contributed by atoms with van der Waals surface area (Å²) in [5.74, 6) is -0.0203. The zero-order valence-corrected chi connectivity index (χ0v) is 10.3. The summed E-state index contributed by atoms with van der Waals surface area (Å²) in [5.41, 5.74) is 5.65. The average molecular weight is 236 g/mol. The molecule has 1 saturated heterocycles. The molecule has 3 unspecified atom stereocenters. The van der Waals surface area contributed by atoms with E-state index in [1.54, 1.807) is 0 Å². The van der Waals surface area contributed by atoms with Crippen LogP contribution in [0.5, 0.6) is 0 Å². The first-order valence-electron chi connectivity index (χ1n) is 5.44. The van der Waals surface area contributed by atoms with Gasteiger partial charge < -0.3 is 16.4 Å². The van der Waals surface area contributed by atoms with Gasteiger partial charge >= 0.3 is 0 Å². The second-order valence-corrected chi connectivity index (χ2v) is 4.01. The molecule has 0 aromatic rings. The van der Waals surface area contributed by atoms with Gasteiger partial charge in [0.05, 0.1) is 6.04 Å². The first kappa shape index (κ1) is 14.7. The minimum atomic E-state index is -0.357. The summed E-state index contributed by atoms with van der Waals surface area (Å²) in [6, 6.07) is 0.245. The first-order valence-corrected chi connectivity index (χ1v) is 5.44. The van der Waals surface area contributed by atoms with Gasteiger partial charge in [-0.2, -0.15) is 0 Å². The van der Waals surface area contributed by atoms with E-state index in [0.717, 1.165) is 19.4 Å². The van der Waals surface area contributed by atoms with Gasteiger partial charge in [-0.05, 0) is 32.7 Å². The highest BCUT2D eigenvalue weighted by molar-refractivity contribution is 5.85. The number of nitrogens with one attached hydrogen (secondary N) is 2. The van der Waals surface area contributed by atoms with Gasteiger partial charge in [0.2, 0.25) is 5.91 Å². The van der Waals surface area contributed by atoms with Crippen molar-refractivity contribution in [2.24, 2.45) is 5.73 Å². The number of carbonyl (C=O) groups is 1. The van der Waals surface area contributed by atoms with Crippen molar-refractivity contribution >= 4 is 18.3 Å². The van der Waals surface area contributed by atoms with E-state index in [4.69, 9.17) is 5.73 Å². The van der Waals surface area contributed by atoms with E-state index < -0.39 is 0 Å². The van der Waals surface area contributed by atoms with Crippen LogP contribution < -0.4 is 16.4 Å². The standard InChI is InChI=1S/C10H21N3O.ClH/c1-3-8(11)10(14)13-9-5-4-6-12-7(9)2;/h7-9,12H,3-6,11H2,1-2H3,(H,13,14);1H. The molecular weight excluding hydrogens is 214 g/mol. The number of halogens is 1. The van der Waals surface area contributed by atoms with Crippen molar-refractivity contribution < 1.29 is 4.79 Å². The van der Waals surface area contributed by atoms with Crippen molar-refractivity contribution in [3.05, 3.63) is 0 Å². The Balaban J connectivity index is 0.00000196. The Morgan fingerprint density at radius 1 is 1.67 bits per heavy atom. The molecule has 0 radical (unpaired) electrons. The van der Waals surface area contributed by atoms with Crippen LogP contribution in [0.1, 0.15) is 33.1 Å². The van der Waals surface area contributed by atoms with Gasteiger partial charge in [0.1, 0.15) is 0 Å². The molecule has 0 aromatic carbocycles. The highest BCUT2D eigenvalue weighted by Gasteiger charge is 2.23. The van der Waals surface area contributed by atoms with Crippen molar-refractivity contribution in [1.82, 2.24) is 10.6 Å². The molecule has 1 fully saturated rings. The Hall–Kier alpha value is -0.320. The molecule has 1 aliphatic heterocycles. The first-order chi connectivity index (χ1) is 6.65. The van der Waals surface area contributed by atoms with Gasteiger partial charge in [0, 0.05) is 12.1 Å². The van der Waals surface area contributed by atoms with Crippen LogP contribution in [0.4, 0.5) is 0 Å². The van der Waals surface area contributed by atoms with Gasteiger partial charge in [-0.15, -0.1) is 12.4 Å². The van der Waals surface area contributed by atoms with Crippen molar-refractivity contribution in [3.8, 4) is 0 Å². The molecule has 90 valence electrons. The van der Waals surface area contributed by atoms with Crippen molar-refractivity contribution in [3.63, 3.8) is 0 Å². The van der Waals surface area contributed by atoms with Crippen molar-refractivity contribution in [2.45, 2.75) is 51.2 Å². The highest BCUT2D eigenvalue weighted by Crippen LogP contribution is 2.08. The number of nitrogens with two attached hydrogens (primary N) is 1. The lowest BCUT2D eigenvalue weighted by Crippen LogP contribution is -2.55. The summed E-state index contributed by atoms with van der Waals surface area (Å²) in [7, 11) is 0. The second kappa shape index (κ2) is 7.04. The maximum Gasteiger partial charge on any atom is 0.237 e. The molecule has 15 heavy (non-hydrogen) atoms. The van der Waals surface area contributed by atoms with Crippen LogP contribution in [0.15, 0.2) is 0 Å². The summed E-state index contributed by atoms with van der Waals surface area (Å²) in [6.45, 7) is 5.07. The molecule has 1 aliphatic rings. The summed E-state index contributed by atoms with van der Waals surface area (Å²) in [4.78, 5) is 11.5. The summed E-state index contributed by atoms with van der Waals surface area (Å²) < 4.78 is 0. The van der Waals surface area contributed by atoms with Crippen LogP contribution >= 0.6 is 12.4 Å². The SMILES string of the molecule is CCC(N)C(=O)NC1CCCNC1C.Cl. The molecule has 0 bridgehead atoms. The van der Waals surface area contributed by atoms with E-state index in [1.807, 2.05) is 6.92 Å². The molecule has 1 heterocycles. The minimum Gasteiger partial charge on any atom is -0.350 e. The lowest BCUT2D eigenvalue weighted by atomic mass is 9.99. The van der Waals surface area contributed by atoms with Gasteiger partial charge in [-0.25, -0.2) is 0 Å². The molecule has 1 rings (SSSR count). The lowest BCUT2D eigenvalue weighted by Gasteiger charge is -2.31. The van der Waals surface area contributed by atoms with Crippen LogP contribution in [0.3, 0.4) is 0 Å². The van der Waals surface area contributed by atoms with Gasteiger partial charge in [0.25, 0.3) is 0 Å². The monoisotopic (exact) mass is 235 g/mol. The number of amides is 1. The number of hydrogen-bond donors (Lipinski definition) is 3. The number of hydrogen-bond acceptors (Lipinski definition) is 3. The van der Waals surface area contributed by atoms with Gasteiger partial charge in [0.15, 0.2) is 0 Å². The second-order valence-electron chi connectivity index (χ2n) is 4.01. The Kier molecular flexibility index (Phi) is 6.89. The van der Waals surface area contributed by atoms with Gasteiger partial charge in [-0.1, -0.05) is 6.92 Å². The minimum absolute atomic E-state index is 0. The largest absolute Gasteiger partial charge is 0.350 e. The third-order valence-electron chi connectivity index (χ3n) is 2.87. The van der Waals surface area contributed by atoms with Crippen LogP contribution in [-0.4, -0.2) is 30.6 Å². The predicted molar refractivity (Wildman–Crippen MR) is 64.1 cm³/mol. The van der Waals surface area contributed by atoms with E-state index in [9.17, 15) is 4.79 Å². The van der Waals surface area contributed by atoms with E-state index in [2.05, 4.69) is 17.6 Å². The Bertz CT molecular complexity index is 201. The summed E-state index contributed by atoms with van der Waals surface area (Å²) in [5, 5.41) is 6.33. The third kappa shape index (κ3) is 4.36. The smallest absolute Gasteiger partial charge is 0.237 e. The van der Waals surface area contributed by atoms with Crippen LogP contribution in [-0.2, 0) is 4.79 Å². The zero-order chi connectivity index (χ0) is 10.6. The lowest BCUT2D eigenvalue weighted by molar-refractivity contribution is -0.123. The maximum absolute atomic E-state index is 11.5. The normalized spacial score (nSPS) is 27.7. The Morgan fingerprint density at radius 3 is 2.87 bits per heavy atom. The molecule has 4 nitrogen and oxygen atoms in total. The quantitative estimate of drug-likeness (QED) is 0.664. The van der Waals surface area contributed by atoms with Crippen LogP contribution in [0.25, 0.3) is 0 Å². The van der Waals surface area contributed by atoms with Crippen LogP contribution in [0, 0.1) is 0 Å². The fraction of sp³-hybridized carbons (Fsp3) is 0.900. The third-order valence-corrected chi connectivity index (χ3v) is 2.87. The summed E-state index contributed by atoms with van der Waals surface area (Å²) >= 11 is 0. The number of piperidine rings is 1. The maximum atomic E-state index is 11.5. The molecule has 1 amide bonds. The number of carbonyl (C=O) groups excluding carboxylic acids is 1. The Morgan fingerprint density at radius 2 is 2.33 bits per heavy atom. The molecule has 4 N–H and O–H groups in total. The molecule has 0 saturated carbocycles. The zero-order valence-electron chi connectivity index (χ0n) is 9.45. The molecule has 5 heteroatoms. The Labute approximate surface area is 97.8 Å². The highest BCUT2D eigenvalue weighted by atomic mass is 35.5. The topological polar surface area (TPSA) is 67.2 Å². The molecule has 0 spiro atoms. The van der Waals surface area contributed by atoms with E-state index >= 15 is 0 Å². The van der Waals surface area contributed by atoms with E-state index in [-0.39, 0.29) is 30.4 Å². The van der Waals surface area contributed by atoms with Gasteiger partial charge in [-0.3, -0.25) is 4.79 Å². The molecule has 0 aromatic heterocycles. The fourth-order valence-electron chi connectivity index (χ4n) is 1.72. The summed E-state index contributed by atoms with van der Waals surface area (Å²) in [6.07, 6.45) is 2.87. The number of rotatable bonds is 3. The van der Waals surface area contributed by atoms with Crippen molar-refractivity contribution in [1.29, 1.82) is 0 Å². The average Bonchev–Trinajstić information content (AvgIpc) is 2.20.